The molecule has 24 heavy (non-hydrogen) atoms. The molecular formula is C18H20N4O2. The Balaban J connectivity index is 1.89. The summed E-state index contributed by atoms with van der Waals surface area (Å²) < 4.78 is 0. The lowest BCUT2D eigenvalue weighted by Gasteiger charge is -2.07. The number of pyridine rings is 1. The molecule has 0 spiro atoms. The summed E-state index contributed by atoms with van der Waals surface area (Å²) in [6.07, 6.45) is 5.30. The summed E-state index contributed by atoms with van der Waals surface area (Å²) in [6.45, 7) is 3.97. The van der Waals surface area contributed by atoms with E-state index in [9.17, 15) is 9.59 Å². The summed E-state index contributed by atoms with van der Waals surface area (Å²) >= 11 is 0. The number of hydrogen-bond donors (Lipinski definition) is 2. The van der Waals surface area contributed by atoms with E-state index >= 15 is 0 Å². The van der Waals surface area contributed by atoms with Crippen LogP contribution in [0.25, 0.3) is 0 Å². The van der Waals surface area contributed by atoms with Crippen LogP contribution < -0.4 is 10.7 Å². The Kier molecular flexibility index (Phi) is 6.19. The smallest absolute Gasteiger partial charge is 0.271 e. The minimum absolute atomic E-state index is 0.0378. The number of carbonyl (C=O) groups is 2. The van der Waals surface area contributed by atoms with Crippen molar-refractivity contribution >= 4 is 23.7 Å². The number of amides is 2. The molecule has 0 unspecified atom stereocenters. The van der Waals surface area contributed by atoms with Crippen LogP contribution in [0.15, 0.2) is 53.9 Å². The van der Waals surface area contributed by atoms with Crippen molar-refractivity contribution in [3.8, 4) is 0 Å². The normalized spacial score (nSPS) is 10.8. The van der Waals surface area contributed by atoms with Gasteiger partial charge in [-0.25, -0.2) is 5.43 Å². The van der Waals surface area contributed by atoms with Crippen LogP contribution in [0.4, 0.5) is 5.69 Å². The molecule has 0 saturated heterocycles. The van der Waals surface area contributed by atoms with Crippen LogP contribution in [0, 0.1) is 5.92 Å². The van der Waals surface area contributed by atoms with Crippen LogP contribution in [0.1, 0.15) is 36.2 Å². The number of nitrogens with one attached hydrogen (secondary N) is 2. The first-order valence-electron chi connectivity index (χ1n) is 7.68. The summed E-state index contributed by atoms with van der Waals surface area (Å²) in [5.41, 5.74) is 4.42. The van der Waals surface area contributed by atoms with Gasteiger partial charge in [-0.2, -0.15) is 5.10 Å². The molecule has 0 atom stereocenters. The van der Waals surface area contributed by atoms with E-state index in [-0.39, 0.29) is 11.8 Å². The zero-order valence-electron chi connectivity index (χ0n) is 13.7. The largest absolute Gasteiger partial charge is 0.326 e. The second-order valence-electron chi connectivity index (χ2n) is 5.70. The van der Waals surface area contributed by atoms with Gasteiger partial charge in [0.25, 0.3) is 5.91 Å². The predicted octanol–water partition coefficient (Wildman–Crippen LogP) is 2.83. The van der Waals surface area contributed by atoms with Crippen molar-refractivity contribution in [2.45, 2.75) is 20.3 Å². The van der Waals surface area contributed by atoms with Crippen molar-refractivity contribution < 1.29 is 9.59 Å². The van der Waals surface area contributed by atoms with E-state index in [0.29, 0.717) is 23.6 Å². The maximum atomic E-state index is 12.0. The molecule has 124 valence electrons. The monoisotopic (exact) mass is 324 g/mol. The van der Waals surface area contributed by atoms with E-state index in [2.05, 4.69) is 20.8 Å². The van der Waals surface area contributed by atoms with E-state index in [1.54, 1.807) is 55.0 Å². The van der Waals surface area contributed by atoms with Gasteiger partial charge >= 0.3 is 0 Å². The van der Waals surface area contributed by atoms with E-state index in [0.717, 1.165) is 5.56 Å². The van der Waals surface area contributed by atoms with Crippen molar-refractivity contribution in [3.05, 3.63) is 59.9 Å². The van der Waals surface area contributed by atoms with E-state index in [1.807, 2.05) is 13.8 Å². The fourth-order valence-corrected chi connectivity index (χ4v) is 1.97. The van der Waals surface area contributed by atoms with Crippen molar-refractivity contribution in [1.82, 2.24) is 10.4 Å². The zero-order chi connectivity index (χ0) is 17.4. The van der Waals surface area contributed by atoms with E-state index in [4.69, 9.17) is 0 Å². The van der Waals surface area contributed by atoms with Crippen LogP contribution >= 0.6 is 0 Å². The Morgan fingerprint density at radius 2 is 1.79 bits per heavy atom. The van der Waals surface area contributed by atoms with Gasteiger partial charge in [-0.05, 0) is 47.9 Å². The third-order valence-electron chi connectivity index (χ3n) is 3.11. The maximum Gasteiger partial charge on any atom is 0.271 e. The van der Waals surface area contributed by atoms with Crippen LogP contribution in [0.3, 0.4) is 0 Å². The second-order valence-corrected chi connectivity index (χ2v) is 5.70. The van der Waals surface area contributed by atoms with Gasteiger partial charge in [-0.3, -0.25) is 14.6 Å². The maximum absolute atomic E-state index is 12.0. The molecule has 2 N–H and O–H groups in total. The Morgan fingerprint density at radius 1 is 1.12 bits per heavy atom. The molecule has 2 aromatic rings. The molecule has 0 radical (unpaired) electrons. The number of hydrogen-bond acceptors (Lipinski definition) is 4. The lowest BCUT2D eigenvalue weighted by Crippen LogP contribution is -2.18. The van der Waals surface area contributed by atoms with Crippen molar-refractivity contribution in [1.29, 1.82) is 0 Å². The van der Waals surface area contributed by atoms with Gasteiger partial charge in [0, 0.05) is 30.1 Å². The summed E-state index contributed by atoms with van der Waals surface area (Å²) in [5, 5.41) is 6.70. The standard InChI is InChI=1S/C18H20N4O2/c1-13(2)11-17(23)21-16-5-3-15(4-6-16)18(24)22-20-12-14-7-9-19-10-8-14/h3-10,12-13H,11H2,1-2H3,(H,21,23)(H,22,24). The van der Waals surface area contributed by atoms with E-state index in [1.165, 1.54) is 0 Å². The fraction of sp³-hybridized carbons (Fsp3) is 0.222. The molecule has 0 aliphatic carbocycles. The lowest BCUT2D eigenvalue weighted by molar-refractivity contribution is -0.116. The number of aromatic nitrogens is 1. The van der Waals surface area contributed by atoms with E-state index < -0.39 is 0 Å². The number of hydrazone groups is 1. The molecule has 2 amide bonds. The molecule has 6 nitrogen and oxygen atoms in total. The van der Waals surface area contributed by atoms with Gasteiger partial charge < -0.3 is 5.32 Å². The first-order valence-corrected chi connectivity index (χ1v) is 7.68. The van der Waals surface area contributed by atoms with Crippen LogP contribution in [0.2, 0.25) is 0 Å². The average molecular weight is 324 g/mol. The third-order valence-corrected chi connectivity index (χ3v) is 3.11. The molecule has 0 fully saturated rings. The highest BCUT2D eigenvalue weighted by molar-refractivity contribution is 5.96. The summed E-state index contributed by atoms with van der Waals surface area (Å²) in [5.74, 6) is -0.0576. The molecule has 0 saturated carbocycles. The summed E-state index contributed by atoms with van der Waals surface area (Å²) in [4.78, 5) is 27.6. The van der Waals surface area contributed by atoms with Gasteiger partial charge in [0.05, 0.1) is 6.21 Å². The highest BCUT2D eigenvalue weighted by Crippen LogP contribution is 2.11. The number of benzene rings is 1. The molecule has 0 bridgehead atoms. The zero-order valence-corrected chi connectivity index (χ0v) is 13.7. The third kappa shape index (κ3) is 5.64. The average Bonchev–Trinajstić information content (AvgIpc) is 2.55. The second kappa shape index (κ2) is 8.57. The molecule has 1 aromatic heterocycles. The highest BCUT2D eigenvalue weighted by Gasteiger charge is 2.07. The summed E-state index contributed by atoms with van der Waals surface area (Å²) in [6, 6.07) is 10.2. The molecule has 6 heteroatoms. The number of anilines is 1. The van der Waals surface area contributed by atoms with Crippen LogP contribution in [0.5, 0.6) is 0 Å². The Morgan fingerprint density at radius 3 is 2.42 bits per heavy atom. The minimum Gasteiger partial charge on any atom is -0.326 e. The highest BCUT2D eigenvalue weighted by atomic mass is 16.2. The first kappa shape index (κ1) is 17.3. The Hall–Kier alpha value is -3.02. The topological polar surface area (TPSA) is 83.5 Å². The minimum atomic E-state index is -0.319. The van der Waals surface area contributed by atoms with Gasteiger partial charge in [0.2, 0.25) is 5.91 Å². The van der Waals surface area contributed by atoms with Gasteiger partial charge in [-0.15, -0.1) is 0 Å². The number of nitrogens with zero attached hydrogens (tertiary/aromatic N) is 2. The van der Waals surface area contributed by atoms with Gasteiger partial charge in [0.1, 0.15) is 0 Å². The molecule has 2 rings (SSSR count). The summed E-state index contributed by atoms with van der Waals surface area (Å²) in [7, 11) is 0. The Bertz CT molecular complexity index is 710. The van der Waals surface area contributed by atoms with Crippen LogP contribution in [-0.2, 0) is 4.79 Å². The van der Waals surface area contributed by atoms with Gasteiger partial charge in [-0.1, -0.05) is 13.8 Å². The van der Waals surface area contributed by atoms with Crippen molar-refractivity contribution in [2.75, 3.05) is 5.32 Å². The van der Waals surface area contributed by atoms with Crippen molar-refractivity contribution in [2.24, 2.45) is 11.0 Å². The van der Waals surface area contributed by atoms with Crippen molar-refractivity contribution in [3.63, 3.8) is 0 Å². The predicted molar refractivity (Wildman–Crippen MR) is 93.8 cm³/mol. The SMILES string of the molecule is CC(C)CC(=O)Nc1ccc(C(=O)NN=Cc2ccncc2)cc1. The molecule has 0 aliphatic rings. The first-order chi connectivity index (χ1) is 11.5. The molecule has 0 aliphatic heterocycles. The van der Waals surface area contributed by atoms with Crippen LogP contribution in [-0.4, -0.2) is 23.0 Å². The Labute approximate surface area is 141 Å². The molecular weight excluding hydrogens is 304 g/mol. The van der Waals surface area contributed by atoms with Gasteiger partial charge in [0.15, 0.2) is 0 Å². The number of rotatable bonds is 6. The quantitative estimate of drug-likeness (QED) is 0.633. The number of carbonyl (C=O) groups excluding carboxylic acids is 2. The fourth-order valence-electron chi connectivity index (χ4n) is 1.97. The molecule has 1 aromatic carbocycles. The molecule has 1 heterocycles. The lowest BCUT2D eigenvalue weighted by atomic mass is 10.1.